The van der Waals surface area contributed by atoms with E-state index in [1.165, 1.54) is 11.1 Å². The van der Waals surface area contributed by atoms with Crippen molar-refractivity contribution in [2.75, 3.05) is 7.11 Å². The zero-order valence-electron chi connectivity index (χ0n) is 21.2. The molecule has 5 rings (SSSR count). The number of nitrogens with one attached hydrogen (secondary N) is 1. The molecule has 1 N–H and O–H groups in total. The molecule has 36 heavy (non-hydrogen) atoms. The second kappa shape index (κ2) is 9.30. The summed E-state index contributed by atoms with van der Waals surface area (Å²) in [5.74, 6) is 1.71. The van der Waals surface area contributed by atoms with E-state index in [4.69, 9.17) is 14.6 Å². The van der Waals surface area contributed by atoms with Crippen LogP contribution in [0.2, 0.25) is 0 Å². The van der Waals surface area contributed by atoms with Crippen LogP contribution in [0.15, 0.2) is 66.9 Å². The number of hydrogen-bond acceptors (Lipinski definition) is 5. The van der Waals surface area contributed by atoms with Gasteiger partial charge in [0, 0.05) is 11.8 Å². The lowest BCUT2D eigenvalue weighted by Gasteiger charge is -2.41. The first-order chi connectivity index (χ1) is 17.3. The van der Waals surface area contributed by atoms with Gasteiger partial charge < -0.3 is 14.8 Å². The van der Waals surface area contributed by atoms with Gasteiger partial charge in [-0.1, -0.05) is 54.4 Å². The molecule has 2 aromatic heterocycles. The third-order valence-electron chi connectivity index (χ3n) is 7.29. The van der Waals surface area contributed by atoms with Crippen molar-refractivity contribution in [1.82, 2.24) is 19.9 Å². The third kappa shape index (κ3) is 4.30. The summed E-state index contributed by atoms with van der Waals surface area (Å²) in [6.45, 7) is 6.17. The number of rotatable bonds is 7. The molecule has 0 aliphatic heterocycles. The summed E-state index contributed by atoms with van der Waals surface area (Å²) in [6, 6.07) is 20.2. The van der Waals surface area contributed by atoms with Crippen molar-refractivity contribution in [3.63, 3.8) is 0 Å². The minimum absolute atomic E-state index is 0.138. The first-order valence-electron chi connectivity index (χ1n) is 12.3. The largest absolute Gasteiger partial charge is 0.497 e. The molecule has 2 aromatic carbocycles. The number of nitrogens with zero attached hydrogens (tertiary/aromatic N) is 3. The molecule has 1 fully saturated rings. The average Bonchev–Trinajstić information content (AvgIpc) is 3.27. The zero-order chi connectivity index (χ0) is 25.3. The average molecular weight is 485 g/mol. The summed E-state index contributed by atoms with van der Waals surface area (Å²) < 4.78 is 12.7. The molecule has 0 saturated heterocycles. The Morgan fingerprint density at radius 3 is 2.42 bits per heavy atom. The van der Waals surface area contributed by atoms with Crippen LogP contribution in [0.4, 0.5) is 4.79 Å². The Morgan fingerprint density at radius 2 is 1.78 bits per heavy atom. The van der Waals surface area contributed by atoms with Gasteiger partial charge in [-0.2, -0.15) is 0 Å². The van der Waals surface area contributed by atoms with Crippen molar-refractivity contribution in [1.29, 1.82) is 0 Å². The van der Waals surface area contributed by atoms with Crippen LogP contribution in [-0.4, -0.2) is 27.8 Å². The van der Waals surface area contributed by atoms with Crippen molar-refractivity contribution < 1.29 is 14.3 Å². The molecular formula is C29H32N4O3. The number of aromatic nitrogens is 3. The Balaban J connectivity index is 1.38. The van der Waals surface area contributed by atoms with E-state index in [0.29, 0.717) is 0 Å². The van der Waals surface area contributed by atoms with Gasteiger partial charge >= 0.3 is 6.09 Å². The molecule has 1 amide bonds. The summed E-state index contributed by atoms with van der Waals surface area (Å²) in [5.41, 5.74) is 4.16. The van der Waals surface area contributed by atoms with Gasteiger partial charge in [0.15, 0.2) is 5.65 Å². The van der Waals surface area contributed by atoms with Gasteiger partial charge in [-0.25, -0.2) is 4.79 Å². The number of amides is 1. The quantitative estimate of drug-likeness (QED) is 0.365. The summed E-state index contributed by atoms with van der Waals surface area (Å²) in [4.78, 5) is 12.7. The van der Waals surface area contributed by atoms with Crippen LogP contribution < -0.4 is 10.1 Å². The summed E-state index contributed by atoms with van der Waals surface area (Å²) in [7, 11) is 1.62. The number of ether oxygens (including phenoxy) is 2. The van der Waals surface area contributed by atoms with E-state index in [1.54, 1.807) is 7.11 Å². The first kappa shape index (κ1) is 23.9. The summed E-state index contributed by atoms with van der Waals surface area (Å²) >= 11 is 0. The highest BCUT2D eigenvalue weighted by Crippen LogP contribution is 2.48. The van der Waals surface area contributed by atoms with Crippen molar-refractivity contribution in [2.24, 2.45) is 0 Å². The van der Waals surface area contributed by atoms with E-state index in [1.807, 2.05) is 56.4 Å². The molecule has 1 aliphatic carbocycles. The Bertz CT molecular complexity index is 1370. The molecule has 7 nitrogen and oxygen atoms in total. The second-order valence-corrected chi connectivity index (χ2v) is 10.1. The van der Waals surface area contributed by atoms with Crippen LogP contribution in [0.1, 0.15) is 61.2 Å². The van der Waals surface area contributed by atoms with Crippen LogP contribution >= 0.6 is 0 Å². The predicted octanol–water partition coefficient (Wildman–Crippen LogP) is 5.68. The van der Waals surface area contributed by atoms with Gasteiger partial charge in [0.05, 0.1) is 18.1 Å². The molecule has 1 saturated carbocycles. The number of hydrogen-bond donors (Lipinski definition) is 1. The summed E-state index contributed by atoms with van der Waals surface area (Å²) in [5, 5.41) is 12.3. The number of aryl methyl sites for hydroxylation is 1. The fourth-order valence-electron chi connectivity index (χ4n) is 5.00. The topological polar surface area (TPSA) is 77.8 Å². The Hall–Kier alpha value is -3.87. The Labute approximate surface area is 211 Å². The molecular weight excluding hydrogens is 452 g/mol. The van der Waals surface area contributed by atoms with Crippen LogP contribution in [-0.2, 0) is 22.3 Å². The van der Waals surface area contributed by atoms with Gasteiger partial charge in [-0.15, -0.1) is 10.2 Å². The normalized spacial score (nSPS) is 14.8. The van der Waals surface area contributed by atoms with Gasteiger partial charge in [-0.05, 0) is 62.9 Å². The van der Waals surface area contributed by atoms with Crippen LogP contribution in [0, 0.1) is 6.92 Å². The fourth-order valence-corrected chi connectivity index (χ4v) is 5.00. The lowest BCUT2D eigenvalue weighted by atomic mass is 9.63. The maximum Gasteiger partial charge on any atom is 0.408 e. The molecule has 0 atom stereocenters. The number of carbonyl (C=O) groups excluding carboxylic acids is 1. The highest BCUT2D eigenvalue weighted by atomic mass is 16.5. The second-order valence-electron chi connectivity index (χ2n) is 10.1. The molecule has 186 valence electrons. The lowest BCUT2D eigenvalue weighted by Crippen LogP contribution is -2.41. The van der Waals surface area contributed by atoms with E-state index < -0.39 is 11.6 Å². The fraction of sp³-hybridized carbons (Fsp3) is 0.345. The minimum Gasteiger partial charge on any atom is -0.497 e. The van der Waals surface area contributed by atoms with Gasteiger partial charge in [0.2, 0.25) is 0 Å². The summed E-state index contributed by atoms with van der Waals surface area (Å²) in [6.07, 6.45) is 4.77. The van der Waals surface area contributed by atoms with Gasteiger partial charge in [0.25, 0.3) is 0 Å². The van der Waals surface area contributed by atoms with E-state index in [-0.39, 0.29) is 12.0 Å². The maximum absolute atomic E-state index is 12.7. The van der Waals surface area contributed by atoms with Crippen LogP contribution in [0.3, 0.4) is 0 Å². The molecule has 7 heteroatoms. The lowest BCUT2D eigenvalue weighted by molar-refractivity contribution is 0.129. The Kier molecular flexibility index (Phi) is 6.16. The van der Waals surface area contributed by atoms with Crippen molar-refractivity contribution in [3.8, 4) is 5.75 Å². The van der Waals surface area contributed by atoms with Crippen molar-refractivity contribution in [3.05, 3.63) is 94.9 Å². The predicted molar refractivity (Wildman–Crippen MR) is 138 cm³/mol. The number of carbonyl (C=O) groups is 1. The van der Waals surface area contributed by atoms with Crippen molar-refractivity contribution in [2.45, 2.75) is 57.6 Å². The molecule has 4 aromatic rings. The van der Waals surface area contributed by atoms with E-state index in [2.05, 4.69) is 46.0 Å². The minimum atomic E-state index is -0.722. The van der Waals surface area contributed by atoms with Crippen LogP contribution in [0.25, 0.3) is 5.65 Å². The molecule has 1 aliphatic rings. The highest BCUT2D eigenvalue weighted by Gasteiger charge is 2.44. The third-order valence-corrected chi connectivity index (χ3v) is 7.29. The molecule has 2 heterocycles. The number of alkyl carbamates (subject to hydrolysis) is 1. The highest BCUT2D eigenvalue weighted by molar-refractivity contribution is 5.69. The van der Waals surface area contributed by atoms with Gasteiger partial charge in [0.1, 0.15) is 18.2 Å². The SMILES string of the molecule is COc1ccc(COC(=O)NC(C)(C)c2cccn3c(C4(c5ccc(C)cc5)CCC4)nnc23)cc1. The number of fused-ring (bicyclic) bond motifs is 1. The van der Waals surface area contributed by atoms with E-state index >= 15 is 0 Å². The van der Waals surface area contributed by atoms with Gasteiger partial charge in [-0.3, -0.25) is 4.40 Å². The zero-order valence-corrected chi connectivity index (χ0v) is 21.2. The molecule has 0 spiro atoms. The Morgan fingerprint density at radius 1 is 1.06 bits per heavy atom. The standard InChI is InChI=1S/C29H32N4O3/c1-20-8-12-22(13-9-20)29(16-6-17-29)26-32-31-25-24(7-5-18-33(25)26)28(2,3)30-27(34)36-19-21-10-14-23(35-4)15-11-21/h5,7-15,18H,6,16-17,19H2,1-4H3,(H,30,34). The number of benzene rings is 2. The van der Waals surface area contributed by atoms with Crippen LogP contribution in [0.5, 0.6) is 5.75 Å². The molecule has 0 radical (unpaired) electrons. The number of pyridine rings is 1. The van der Waals surface area contributed by atoms with E-state index in [9.17, 15) is 4.79 Å². The van der Waals surface area contributed by atoms with Crippen molar-refractivity contribution >= 4 is 11.7 Å². The van der Waals surface area contributed by atoms with E-state index in [0.717, 1.165) is 47.6 Å². The smallest absolute Gasteiger partial charge is 0.408 e. The maximum atomic E-state index is 12.7. The molecule has 0 bridgehead atoms. The first-order valence-corrected chi connectivity index (χ1v) is 12.3. The monoisotopic (exact) mass is 484 g/mol. The number of methoxy groups -OCH3 is 1. The molecule has 0 unspecified atom stereocenters.